The lowest BCUT2D eigenvalue weighted by Gasteiger charge is -1.96. The Balaban J connectivity index is 2.83. The Morgan fingerprint density at radius 2 is 1.70 bits per heavy atom. The Morgan fingerprint density at radius 3 is 2.26 bits per heavy atom. The average molecular weight is 300 g/mol. The van der Waals surface area contributed by atoms with E-state index in [0.717, 1.165) is 22.3 Å². The van der Waals surface area contributed by atoms with Crippen LogP contribution >= 0.6 is 0 Å². The summed E-state index contributed by atoms with van der Waals surface area (Å²) in [5.74, 6) is 6.35. The minimum atomic E-state index is 1.02. The number of hydrogen-bond donors (Lipinski definition) is 0. The van der Waals surface area contributed by atoms with E-state index in [1.54, 1.807) is 6.08 Å². The largest absolute Gasteiger partial charge is 0.0991 e. The highest BCUT2D eigenvalue weighted by Gasteiger charge is 1.90. The predicted octanol–water partition coefficient (Wildman–Crippen LogP) is 6.26. The summed E-state index contributed by atoms with van der Waals surface area (Å²) in [6.07, 6.45) is 18.0. The second kappa shape index (κ2) is 10.9. The zero-order valence-corrected chi connectivity index (χ0v) is 14.2. The molecule has 0 aliphatic carbocycles. The van der Waals surface area contributed by atoms with Gasteiger partial charge in [0.25, 0.3) is 0 Å². The summed E-state index contributed by atoms with van der Waals surface area (Å²) in [6.45, 7) is 9.70. The lowest BCUT2D eigenvalue weighted by Crippen LogP contribution is -1.78. The highest BCUT2D eigenvalue weighted by Crippen LogP contribution is 2.09. The first-order valence-corrected chi connectivity index (χ1v) is 7.78. The second-order valence-corrected chi connectivity index (χ2v) is 4.83. The van der Waals surface area contributed by atoms with E-state index in [1.165, 1.54) is 0 Å². The number of rotatable bonds is 5. The maximum absolute atomic E-state index is 3.68. The quantitative estimate of drug-likeness (QED) is 0.444. The molecule has 116 valence electrons. The van der Waals surface area contributed by atoms with Crippen LogP contribution in [-0.4, -0.2) is 0 Å². The molecule has 0 spiro atoms. The van der Waals surface area contributed by atoms with Crippen molar-refractivity contribution < 1.29 is 0 Å². The van der Waals surface area contributed by atoms with Crippen LogP contribution in [0.4, 0.5) is 0 Å². The van der Waals surface area contributed by atoms with Gasteiger partial charge in [-0.2, -0.15) is 0 Å². The van der Waals surface area contributed by atoms with Crippen LogP contribution in [0.3, 0.4) is 0 Å². The molecule has 1 rings (SSSR count). The summed E-state index contributed by atoms with van der Waals surface area (Å²) in [5, 5.41) is 0. The normalized spacial score (nSPS) is 12.8. The van der Waals surface area contributed by atoms with Gasteiger partial charge in [0.15, 0.2) is 0 Å². The minimum absolute atomic E-state index is 1.02. The van der Waals surface area contributed by atoms with Gasteiger partial charge in [-0.1, -0.05) is 85.2 Å². The van der Waals surface area contributed by atoms with Gasteiger partial charge in [0.05, 0.1) is 0 Å². The highest BCUT2D eigenvalue weighted by molar-refractivity contribution is 5.56. The summed E-state index contributed by atoms with van der Waals surface area (Å²) in [6, 6.07) is 8.25. The third-order valence-corrected chi connectivity index (χ3v) is 3.15. The van der Waals surface area contributed by atoms with E-state index in [0.29, 0.717) is 0 Å². The van der Waals surface area contributed by atoms with Gasteiger partial charge in [-0.3, -0.25) is 0 Å². The number of allylic oxidation sites excluding steroid dienone is 10. The monoisotopic (exact) mass is 300 g/mol. The van der Waals surface area contributed by atoms with Crippen LogP contribution in [0.1, 0.15) is 31.9 Å². The van der Waals surface area contributed by atoms with Crippen molar-refractivity contribution in [3.8, 4) is 11.8 Å². The molecule has 23 heavy (non-hydrogen) atoms. The van der Waals surface area contributed by atoms with Crippen molar-refractivity contribution in [2.45, 2.75) is 20.8 Å². The summed E-state index contributed by atoms with van der Waals surface area (Å²) in [4.78, 5) is 0. The summed E-state index contributed by atoms with van der Waals surface area (Å²) >= 11 is 0. The van der Waals surface area contributed by atoms with Crippen LogP contribution in [0.15, 0.2) is 90.6 Å². The molecule has 0 aromatic heterocycles. The molecule has 0 aliphatic heterocycles. The van der Waals surface area contributed by atoms with Crippen LogP contribution in [0.2, 0.25) is 0 Å². The molecule has 0 heterocycles. The van der Waals surface area contributed by atoms with Gasteiger partial charge in [-0.25, -0.2) is 0 Å². The highest BCUT2D eigenvalue weighted by atomic mass is 13.9. The van der Waals surface area contributed by atoms with Crippen LogP contribution in [-0.2, 0) is 0 Å². The van der Waals surface area contributed by atoms with E-state index >= 15 is 0 Å². The van der Waals surface area contributed by atoms with Crippen molar-refractivity contribution in [2.75, 3.05) is 0 Å². The van der Waals surface area contributed by atoms with Crippen molar-refractivity contribution in [2.24, 2.45) is 0 Å². The molecule has 0 atom stereocenters. The molecule has 0 aliphatic rings. The van der Waals surface area contributed by atoms with Crippen LogP contribution in [0, 0.1) is 11.8 Å². The van der Waals surface area contributed by atoms with Gasteiger partial charge in [0.2, 0.25) is 0 Å². The third kappa shape index (κ3) is 7.16. The molecule has 0 saturated heterocycles. The van der Waals surface area contributed by atoms with E-state index in [1.807, 2.05) is 63.3 Å². The number of hydrogen-bond acceptors (Lipinski definition) is 0. The van der Waals surface area contributed by atoms with Gasteiger partial charge in [0.1, 0.15) is 0 Å². The lowest BCUT2D eigenvalue weighted by atomic mass is 10.1. The first-order chi connectivity index (χ1) is 11.2. The SMILES string of the molecule is C=C/C=C\C(C=Cc1ccc(C#CC(/C=C\C)=C/C)cc1)=C/C. The molecule has 0 fully saturated rings. The predicted molar refractivity (Wildman–Crippen MR) is 104 cm³/mol. The molecule has 0 unspecified atom stereocenters. The Bertz CT molecular complexity index is 706. The van der Waals surface area contributed by atoms with E-state index < -0.39 is 0 Å². The molecular formula is C23H24. The van der Waals surface area contributed by atoms with Gasteiger partial charge in [-0.15, -0.1) is 0 Å². The molecule has 0 amide bonds. The Hall–Kier alpha value is -2.78. The Morgan fingerprint density at radius 1 is 0.957 bits per heavy atom. The molecule has 0 saturated carbocycles. The van der Waals surface area contributed by atoms with Gasteiger partial charge in [-0.05, 0) is 44.0 Å². The zero-order valence-electron chi connectivity index (χ0n) is 14.2. The summed E-state index contributed by atoms with van der Waals surface area (Å²) in [7, 11) is 0. The molecule has 0 nitrogen and oxygen atoms in total. The van der Waals surface area contributed by atoms with Gasteiger partial charge < -0.3 is 0 Å². The van der Waals surface area contributed by atoms with Crippen LogP contribution in [0.25, 0.3) is 6.08 Å². The molecule has 0 heteroatoms. The third-order valence-electron chi connectivity index (χ3n) is 3.15. The Labute approximate surface area is 140 Å². The lowest BCUT2D eigenvalue weighted by molar-refractivity contribution is 1.58. The smallest absolute Gasteiger partial charge is 0.0249 e. The Kier molecular flexibility index (Phi) is 8.64. The van der Waals surface area contributed by atoms with Crippen LogP contribution in [0.5, 0.6) is 0 Å². The molecular weight excluding hydrogens is 276 g/mol. The van der Waals surface area contributed by atoms with E-state index in [-0.39, 0.29) is 0 Å². The number of benzene rings is 1. The molecule has 1 aromatic rings. The van der Waals surface area contributed by atoms with Gasteiger partial charge in [0, 0.05) is 11.1 Å². The van der Waals surface area contributed by atoms with Gasteiger partial charge >= 0.3 is 0 Å². The maximum atomic E-state index is 3.68. The zero-order chi connectivity index (χ0) is 16.9. The fourth-order valence-electron chi connectivity index (χ4n) is 1.83. The van der Waals surface area contributed by atoms with Crippen molar-refractivity contribution >= 4 is 6.08 Å². The maximum Gasteiger partial charge on any atom is 0.0249 e. The fraction of sp³-hybridized carbons (Fsp3) is 0.130. The van der Waals surface area contributed by atoms with E-state index in [9.17, 15) is 0 Å². The molecule has 0 radical (unpaired) electrons. The molecule has 1 aromatic carbocycles. The van der Waals surface area contributed by atoms with Crippen molar-refractivity contribution in [3.05, 3.63) is 102 Å². The minimum Gasteiger partial charge on any atom is -0.0991 e. The molecule has 0 N–H and O–H groups in total. The fourth-order valence-corrected chi connectivity index (χ4v) is 1.83. The first-order valence-electron chi connectivity index (χ1n) is 7.78. The first kappa shape index (κ1) is 18.3. The van der Waals surface area contributed by atoms with E-state index in [2.05, 4.69) is 48.8 Å². The summed E-state index contributed by atoms with van der Waals surface area (Å²) < 4.78 is 0. The standard InChI is InChI=1S/C23H24/c1-5-9-11-21(8-4)13-15-23-18-16-22(17-19-23)14-12-20(7-3)10-6-2/h5-11,13,15-19H,1H2,2-4H3/b10-6-,11-9-,15-13?,20-7+,21-8+. The topological polar surface area (TPSA) is 0 Å². The average Bonchev–Trinajstić information content (AvgIpc) is 2.59. The second-order valence-electron chi connectivity index (χ2n) is 4.83. The van der Waals surface area contributed by atoms with Crippen molar-refractivity contribution in [1.82, 2.24) is 0 Å². The summed E-state index contributed by atoms with van der Waals surface area (Å²) in [5.41, 5.74) is 4.35. The van der Waals surface area contributed by atoms with Crippen molar-refractivity contribution in [3.63, 3.8) is 0 Å². The van der Waals surface area contributed by atoms with Crippen molar-refractivity contribution in [1.29, 1.82) is 0 Å². The van der Waals surface area contributed by atoms with E-state index in [4.69, 9.17) is 0 Å². The van der Waals surface area contributed by atoms with Crippen LogP contribution < -0.4 is 0 Å². The molecule has 0 bridgehead atoms.